The van der Waals surface area contributed by atoms with E-state index in [2.05, 4.69) is 21.2 Å². The lowest BCUT2D eigenvalue weighted by Crippen LogP contribution is -2.25. The number of halogens is 2. The number of carbonyl (C=O) groups is 1. The Morgan fingerprint density at radius 2 is 2.11 bits per heavy atom. The van der Waals surface area contributed by atoms with E-state index < -0.39 is 5.60 Å². The van der Waals surface area contributed by atoms with E-state index in [1.54, 1.807) is 12.1 Å². The first-order chi connectivity index (χ1) is 8.28. The lowest BCUT2D eigenvalue weighted by molar-refractivity contribution is -0.154. The molecule has 0 aromatic heterocycles. The van der Waals surface area contributed by atoms with E-state index in [9.17, 15) is 9.18 Å². The predicted molar refractivity (Wildman–Crippen MR) is 73.1 cm³/mol. The van der Waals surface area contributed by atoms with Crippen molar-refractivity contribution in [1.82, 2.24) is 0 Å². The van der Waals surface area contributed by atoms with Gasteiger partial charge in [-0.15, -0.1) is 0 Å². The zero-order chi connectivity index (χ0) is 13.8. The molecule has 5 heteroatoms. The lowest BCUT2D eigenvalue weighted by atomic mass is 10.2. The smallest absolute Gasteiger partial charge is 0.308 e. The van der Waals surface area contributed by atoms with Crippen molar-refractivity contribution in [2.45, 2.75) is 32.8 Å². The molecule has 0 unspecified atom stereocenters. The van der Waals surface area contributed by atoms with Gasteiger partial charge in [0.05, 0.1) is 10.9 Å². The number of anilines is 1. The summed E-state index contributed by atoms with van der Waals surface area (Å²) in [5, 5.41) is 2.97. The summed E-state index contributed by atoms with van der Waals surface area (Å²) in [5.41, 5.74) is 0.167. The van der Waals surface area contributed by atoms with Gasteiger partial charge in [0, 0.05) is 12.2 Å². The number of hydrogen-bond donors (Lipinski definition) is 1. The maximum Gasteiger partial charge on any atom is 0.308 e. The van der Waals surface area contributed by atoms with Gasteiger partial charge in [0.2, 0.25) is 0 Å². The molecule has 0 atom stereocenters. The van der Waals surface area contributed by atoms with Crippen LogP contribution in [0.3, 0.4) is 0 Å². The van der Waals surface area contributed by atoms with Crippen LogP contribution in [0.4, 0.5) is 10.1 Å². The molecule has 0 saturated carbocycles. The van der Waals surface area contributed by atoms with Gasteiger partial charge in [-0.2, -0.15) is 0 Å². The molecule has 0 saturated heterocycles. The summed E-state index contributed by atoms with van der Waals surface area (Å²) in [5.74, 6) is -0.607. The van der Waals surface area contributed by atoms with Crippen molar-refractivity contribution in [1.29, 1.82) is 0 Å². The first kappa shape index (κ1) is 15.0. The molecule has 0 aliphatic carbocycles. The Labute approximate surface area is 115 Å². The Morgan fingerprint density at radius 3 is 2.67 bits per heavy atom. The molecule has 0 spiro atoms. The Balaban J connectivity index is 2.38. The molecule has 1 N–H and O–H groups in total. The molecule has 0 fully saturated rings. The number of nitrogens with one attached hydrogen (secondary N) is 1. The summed E-state index contributed by atoms with van der Waals surface area (Å²) in [6.07, 6.45) is 0.245. The molecule has 1 rings (SSSR count). The van der Waals surface area contributed by atoms with Crippen molar-refractivity contribution in [2.75, 3.05) is 11.9 Å². The molecule has 18 heavy (non-hydrogen) atoms. The van der Waals surface area contributed by atoms with E-state index in [0.717, 1.165) is 0 Å². The average molecular weight is 318 g/mol. The minimum Gasteiger partial charge on any atom is -0.460 e. The first-order valence-electron chi connectivity index (χ1n) is 5.69. The summed E-state index contributed by atoms with van der Waals surface area (Å²) < 4.78 is 18.8. The third-order valence-electron chi connectivity index (χ3n) is 2.00. The maximum absolute atomic E-state index is 13.2. The van der Waals surface area contributed by atoms with Crippen LogP contribution in [-0.4, -0.2) is 18.1 Å². The standard InChI is InChI=1S/C13H17BrFNO2/c1-13(2,3)18-12(17)6-7-16-9-4-5-10(14)11(15)8-9/h4-5,8,16H,6-7H2,1-3H3. The van der Waals surface area contributed by atoms with Gasteiger partial charge in [-0.1, -0.05) is 0 Å². The first-order valence-corrected chi connectivity index (χ1v) is 6.48. The SMILES string of the molecule is CC(C)(C)OC(=O)CCNc1ccc(Br)c(F)c1. The summed E-state index contributed by atoms with van der Waals surface area (Å²) in [6.45, 7) is 5.88. The zero-order valence-electron chi connectivity index (χ0n) is 10.7. The Bertz CT molecular complexity index is 429. The van der Waals surface area contributed by atoms with Crippen molar-refractivity contribution in [2.24, 2.45) is 0 Å². The highest BCUT2D eigenvalue weighted by atomic mass is 79.9. The second kappa shape index (κ2) is 6.18. The van der Waals surface area contributed by atoms with Gasteiger partial charge >= 0.3 is 5.97 Å². The van der Waals surface area contributed by atoms with Crippen LogP contribution in [0.2, 0.25) is 0 Å². The van der Waals surface area contributed by atoms with Crippen molar-refractivity contribution in [3.8, 4) is 0 Å². The quantitative estimate of drug-likeness (QED) is 0.860. The molecule has 0 aliphatic heterocycles. The molecule has 0 bridgehead atoms. The van der Waals surface area contributed by atoms with Crippen LogP contribution in [0, 0.1) is 5.82 Å². The zero-order valence-corrected chi connectivity index (χ0v) is 12.3. The minimum absolute atomic E-state index is 0.245. The number of benzene rings is 1. The van der Waals surface area contributed by atoms with E-state index in [0.29, 0.717) is 16.7 Å². The van der Waals surface area contributed by atoms with Gasteiger partial charge in [-0.05, 0) is 54.9 Å². The second-order valence-electron chi connectivity index (χ2n) is 4.89. The predicted octanol–water partition coefficient (Wildman–Crippen LogP) is 3.73. The molecule has 100 valence electrons. The molecule has 0 aliphatic rings. The van der Waals surface area contributed by atoms with Gasteiger partial charge in [0.15, 0.2) is 0 Å². The van der Waals surface area contributed by atoms with Crippen LogP contribution in [0.15, 0.2) is 22.7 Å². The number of rotatable bonds is 4. The maximum atomic E-state index is 13.2. The normalized spacial score (nSPS) is 11.2. The van der Waals surface area contributed by atoms with Crippen molar-refractivity contribution in [3.63, 3.8) is 0 Å². The number of carbonyl (C=O) groups excluding carboxylic acids is 1. The van der Waals surface area contributed by atoms with Crippen molar-refractivity contribution < 1.29 is 13.9 Å². The number of esters is 1. The van der Waals surface area contributed by atoms with Crippen molar-refractivity contribution in [3.05, 3.63) is 28.5 Å². The van der Waals surface area contributed by atoms with E-state index in [1.807, 2.05) is 20.8 Å². The summed E-state index contributed by atoms with van der Waals surface area (Å²) in [7, 11) is 0. The number of hydrogen-bond acceptors (Lipinski definition) is 3. The fourth-order valence-corrected chi connectivity index (χ4v) is 1.55. The Kier molecular flexibility index (Phi) is 5.14. The Morgan fingerprint density at radius 1 is 1.44 bits per heavy atom. The molecule has 0 radical (unpaired) electrons. The van der Waals surface area contributed by atoms with Crippen LogP contribution in [0.5, 0.6) is 0 Å². The fourth-order valence-electron chi connectivity index (χ4n) is 1.31. The summed E-state index contributed by atoms with van der Waals surface area (Å²) in [6, 6.07) is 4.73. The van der Waals surface area contributed by atoms with Crippen LogP contribution in [0.1, 0.15) is 27.2 Å². The van der Waals surface area contributed by atoms with Crippen LogP contribution in [0.25, 0.3) is 0 Å². The molecule has 1 aromatic rings. The van der Waals surface area contributed by atoms with Gasteiger partial charge < -0.3 is 10.1 Å². The minimum atomic E-state index is -0.471. The highest BCUT2D eigenvalue weighted by Gasteiger charge is 2.15. The second-order valence-corrected chi connectivity index (χ2v) is 5.75. The third kappa shape index (κ3) is 5.49. The van der Waals surface area contributed by atoms with E-state index in [-0.39, 0.29) is 18.2 Å². The van der Waals surface area contributed by atoms with Gasteiger partial charge in [0.25, 0.3) is 0 Å². The highest BCUT2D eigenvalue weighted by Crippen LogP contribution is 2.19. The summed E-state index contributed by atoms with van der Waals surface area (Å²) in [4.78, 5) is 11.4. The van der Waals surface area contributed by atoms with Crippen LogP contribution >= 0.6 is 15.9 Å². The third-order valence-corrected chi connectivity index (χ3v) is 2.64. The molecule has 0 heterocycles. The van der Waals surface area contributed by atoms with Crippen molar-refractivity contribution >= 4 is 27.6 Å². The van der Waals surface area contributed by atoms with E-state index in [4.69, 9.17) is 4.74 Å². The van der Waals surface area contributed by atoms with Gasteiger partial charge in [-0.25, -0.2) is 4.39 Å². The van der Waals surface area contributed by atoms with Crippen LogP contribution < -0.4 is 5.32 Å². The molecule has 0 amide bonds. The largest absolute Gasteiger partial charge is 0.460 e. The lowest BCUT2D eigenvalue weighted by Gasteiger charge is -2.19. The van der Waals surface area contributed by atoms with Gasteiger partial charge in [0.1, 0.15) is 11.4 Å². The monoisotopic (exact) mass is 317 g/mol. The average Bonchev–Trinajstić information content (AvgIpc) is 2.20. The Hall–Kier alpha value is -1.10. The van der Waals surface area contributed by atoms with E-state index >= 15 is 0 Å². The number of ether oxygens (including phenoxy) is 1. The highest BCUT2D eigenvalue weighted by molar-refractivity contribution is 9.10. The van der Waals surface area contributed by atoms with E-state index in [1.165, 1.54) is 6.07 Å². The molecule has 1 aromatic carbocycles. The fraction of sp³-hybridized carbons (Fsp3) is 0.462. The molecule has 3 nitrogen and oxygen atoms in total. The molecular formula is C13H17BrFNO2. The topological polar surface area (TPSA) is 38.3 Å². The van der Waals surface area contributed by atoms with Crippen LogP contribution in [-0.2, 0) is 9.53 Å². The van der Waals surface area contributed by atoms with Gasteiger partial charge in [-0.3, -0.25) is 4.79 Å². The molecular weight excluding hydrogens is 301 g/mol. The summed E-state index contributed by atoms with van der Waals surface area (Å²) >= 11 is 3.08.